The van der Waals surface area contributed by atoms with Gasteiger partial charge in [-0.15, -0.1) is 0 Å². The van der Waals surface area contributed by atoms with Crippen LogP contribution in [-0.4, -0.2) is 23.7 Å². The molecule has 2 rings (SSSR count). The highest BCUT2D eigenvalue weighted by atomic mass is 32.1. The molecular formula is C16H20N4O2S. The maximum atomic E-state index is 12.1. The third-order valence-corrected chi connectivity index (χ3v) is 3.93. The van der Waals surface area contributed by atoms with Gasteiger partial charge < -0.3 is 10.5 Å². The van der Waals surface area contributed by atoms with Crippen LogP contribution in [0.2, 0.25) is 0 Å². The number of rotatable bonds is 7. The average Bonchev–Trinajstić information content (AvgIpc) is 2.95. The number of hydrogen-bond donors (Lipinski definition) is 2. The van der Waals surface area contributed by atoms with Gasteiger partial charge in [-0.3, -0.25) is 4.79 Å². The smallest absolute Gasteiger partial charge is 0.283 e. The number of para-hydroxylation sites is 1. The summed E-state index contributed by atoms with van der Waals surface area (Å²) >= 11 is 1.16. The first kappa shape index (κ1) is 17.0. The van der Waals surface area contributed by atoms with E-state index < -0.39 is 0 Å². The Hall–Kier alpha value is -2.41. The lowest BCUT2D eigenvalue weighted by Crippen LogP contribution is -2.17. The van der Waals surface area contributed by atoms with Gasteiger partial charge in [0.1, 0.15) is 10.6 Å². The number of hydrogen-bond acceptors (Lipinski definition) is 6. The van der Waals surface area contributed by atoms with Gasteiger partial charge in [0, 0.05) is 5.56 Å². The van der Waals surface area contributed by atoms with Gasteiger partial charge in [0.2, 0.25) is 0 Å². The Labute approximate surface area is 139 Å². The Kier molecular flexibility index (Phi) is 6.10. The molecule has 0 bridgehead atoms. The maximum Gasteiger partial charge on any atom is 0.283 e. The summed E-state index contributed by atoms with van der Waals surface area (Å²) in [4.78, 5) is 16.8. The molecule has 0 atom stereocenters. The number of nitrogens with zero attached hydrogens (tertiary/aromatic N) is 2. The Morgan fingerprint density at radius 2 is 2.22 bits per heavy atom. The number of ether oxygens (including phenoxy) is 1. The number of aryl methyl sites for hydroxylation is 1. The van der Waals surface area contributed by atoms with Crippen LogP contribution in [0.25, 0.3) is 0 Å². The first-order valence-corrected chi connectivity index (χ1v) is 8.27. The summed E-state index contributed by atoms with van der Waals surface area (Å²) in [6, 6.07) is 7.54. The normalized spacial score (nSPS) is 10.9. The summed E-state index contributed by atoms with van der Waals surface area (Å²) in [6.45, 7) is 4.61. The van der Waals surface area contributed by atoms with Crippen LogP contribution in [0, 0.1) is 0 Å². The summed E-state index contributed by atoms with van der Waals surface area (Å²) in [5.74, 6) is 0.433. The predicted octanol–water partition coefficient (Wildman–Crippen LogP) is 2.84. The number of amides is 1. The lowest BCUT2D eigenvalue weighted by Gasteiger charge is -2.07. The number of nitrogens with two attached hydrogens (primary N) is 1. The highest BCUT2D eigenvalue weighted by Gasteiger charge is 2.15. The zero-order valence-electron chi connectivity index (χ0n) is 13.2. The number of carbonyl (C=O) groups is 1. The fourth-order valence-electron chi connectivity index (χ4n) is 1.93. The van der Waals surface area contributed by atoms with Crippen LogP contribution in [-0.2, 0) is 6.42 Å². The molecule has 0 aliphatic heterocycles. The molecule has 2 aromatic rings. The van der Waals surface area contributed by atoms with Crippen LogP contribution in [0.5, 0.6) is 5.75 Å². The molecule has 3 N–H and O–H groups in total. The maximum absolute atomic E-state index is 12.1. The predicted molar refractivity (Wildman–Crippen MR) is 93.2 cm³/mol. The first-order chi connectivity index (χ1) is 11.2. The Balaban J connectivity index is 2.05. The van der Waals surface area contributed by atoms with Gasteiger partial charge in [-0.2, -0.15) is 5.10 Å². The van der Waals surface area contributed by atoms with Crippen molar-refractivity contribution in [3.8, 4) is 5.75 Å². The van der Waals surface area contributed by atoms with Crippen molar-refractivity contribution < 1.29 is 9.53 Å². The summed E-state index contributed by atoms with van der Waals surface area (Å²) in [5, 5.41) is 4.39. The van der Waals surface area contributed by atoms with E-state index in [1.807, 2.05) is 38.1 Å². The standard InChI is InChI=1S/C16H20N4O2S/c1-3-9-22-13-8-6-5-7-11(13)10-18-20-15(21)14-12(4-2)19-16(17)23-14/h5-8,10H,3-4,9H2,1-2H3,(H2,17,19)(H,20,21)/b18-10-. The van der Waals surface area contributed by atoms with E-state index in [4.69, 9.17) is 10.5 Å². The second-order valence-electron chi connectivity index (χ2n) is 4.77. The monoisotopic (exact) mass is 332 g/mol. The van der Waals surface area contributed by atoms with Gasteiger partial charge in [0.05, 0.1) is 18.5 Å². The molecule has 1 amide bonds. The van der Waals surface area contributed by atoms with Gasteiger partial charge in [-0.1, -0.05) is 37.3 Å². The third-order valence-electron chi connectivity index (χ3n) is 3.01. The van der Waals surface area contributed by atoms with Gasteiger partial charge in [-0.25, -0.2) is 10.4 Å². The summed E-state index contributed by atoms with van der Waals surface area (Å²) < 4.78 is 5.64. The molecule has 0 spiro atoms. The number of carbonyl (C=O) groups excluding carboxylic acids is 1. The topological polar surface area (TPSA) is 89.6 Å². The van der Waals surface area contributed by atoms with E-state index in [2.05, 4.69) is 15.5 Å². The minimum absolute atomic E-state index is 0.306. The SMILES string of the molecule is CCCOc1ccccc1/C=N\NC(=O)c1sc(N)nc1CC. The summed E-state index contributed by atoms with van der Waals surface area (Å²) in [5.41, 5.74) is 9.65. The number of anilines is 1. The van der Waals surface area contributed by atoms with E-state index in [0.717, 1.165) is 29.1 Å². The fourth-order valence-corrected chi connectivity index (χ4v) is 2.74. The van der Waals surface area contributed by atoms with E-state index in [1.54, 1.807) is 6.21 Å². The zero-order chi connectivity index (χ0) is 16.7. The van der Waals surface area contributed by atoms with E-state index in [9.17, 15) is 4.79 Å². The van der Waals surface area contributed by atoms with Crippen molar-refractivity contribution >= 4 is 28.6 Å². The van der Waals surface area contributed by atoms with Crippen molar-refractivity contribution in [2.24, 2.45) is 5.10 Å². The van der Waals surface area contributed by atoms with Crippen molar-refractivity contribution in [3.05, 3.63) is 40.4 Å². The number of nitrogen functional groups attached to an aromatic ring is 1. The van der Waals surface area contributed by atoms with Gasteiger partial charge in [-0.05, 0) is 25.0 Å². The second kappa shape index (κ2) is 8.28. The van der Waals surface area contributed by atoms with Crippen molar-refractivity contribution in [3.63, 3.8) is 0 Å². The van der Waals surface area contributed by atoms with Crippen LogP contribution in [0.1, 0.15) is 41.2 Å². The van der Waals surface area contributed by atoms with Gasteiger partial charge in [0.25, 0.3) is 5.91 Å². The molecule has 23 heavy (non-hydrogen) atoms. The molecule has 6 nitrogen and oxygen atoms in total. The van der Waals surface area contributed by atoms with Crippen LogP contribution in [0.3, 0.4) is 0 Å². The second-order valence-corrected chi connectivity index (χ2v) is 5.80. The summed E-state index contributed by atoms with van der Waals surface area (Å²) in [7, 11) is 0. The van der Waals surface area contributed by atoms with Crippen molar-refractivity contribution in [2.45, 2.75) is 26.7 Å². The molecule has 1 heterocycles. The molecule has 0 fully saturated rings. The van der Waals surface area contributed by atoms with Crippen molar-refractivity contribution in [2.75, 3.05) is 12.3 Å². The number of hydrazone groups is 1. The molecule has 0 aliphatic carbocycles. The minimum atomic E-state index is -0.306. The number of thiazole rings is 1. The van der Waals surface area contributed by atoms with Gasteiger partial charge in [0.15, 0.2) is 5.13 Å². The van der Waals surface area contributed by atoms with Crippen molar-refractivity contribution in [1.29, 1.82) is 0 Å². The fraction of sp³-hybridized carbons (Fsp3) is 0.312. The third kappa shape index (κ3) is 4.53. The van der Waals surface area contributed by atoms with Crippen LogP contribution in [0.4, 0.5) is 5.13 Å². The molecule has 0 saturated heterocycles. The first-order valence-electron chi connectivity index (χ1n) is 7.46. The Bertz CT molecular complexity index is 697. The highest BCUT2D eigenvalue weighted by molar-refractivity contribution is 7.17. The van der Waals surface area contributed by atoms with E-state index in [-0.39, 0.29) is 5.91 Å². The highest BCUT2D eigenvalue weighted by Crippen LogP contribution is 2.21. The van der Waals surface area contributed by atoms with Gasteiger partial charge >= 0.3 is 0 Å². The summed E-state index contributed by atoms with van der Waals surface area (Å²) in [6.07, 6.45) is 3.14. The molecule has 122 valence electrons. The zero-order valence-corrected chi connectivity index (χ0v) is 14.0. The minimum Gasteiger partial charge on any atom is -0.493 e. The Morgan fingerprint density at radius 1 is 1.43 bits per heavy atom. The largest absolute Gasteiger partial charge is 0.493 e. The van der Waals surface area contributed by atoms with Crippen LogP contribution >= 0.6 is 11.3 Å². The molecule has 0 aliphatic rings. The average molecular weight is 332 g/mol. The molecule has 0 radical (unpaired) electrons. The lowest BCUT2D eigenvalue weighted by atomic mass is 10.2. The lowest BCUT2D eigenvalue weighted by molar-refractivity contribution is 0.0958. The van der Waals surface area contributed by atoms with Crippen LogP contribution in [0.15, 0.2) is 29.4 Å². The number of benzene rings is 1. The van der Waals surface area contributed by atoms with E-state index >= 15 is 0 Å². The van der Waals surface area contributed by atoms with Crippen LogP contribution < -0.4 is 15.9 Å². The quantitative estimate of drug-likeness (QED) is 0.602. The molecule has 0 saturated carbocycles. The molecule has 1 aromatic carbocycles. The molecule has 7 heteroatoms. The Morgan fingerprint density at radius 3 is 2.96 bits per heavy atom. The molecular weight excluding hydrogens is 312 g/mol. The van der Waals surface area contributed by atoms with E-state index in [1.165, 1.54) is 0 Å². The molecule has 0 unspecified atom stereocenters. The number of nitrogens with one attached hydrogen (secondary N) is 1. The van der Waals surface area contributed by atoms with Crippen molar-refractivity contribution in [1.82, 2.24) is 10.4 Å². The molecule has 1 aromatic heterocycles. The number of aromatic nitrogens is 1. The van der Waals surface area contributed by atoms with E-state index in [0.29, 0.717) is 28.7 Å².